The fourth-order valence-electron chi connectivity index (χ4n) is 1.95. The van der Waals surface area contributed by atoms with E-state index in [9.17, 15) is 12.6 Å². The molecule has 1 aromatic heterocycles. The molecule has 0 aliphatic heterocycles. The average Bonchev–Trinajstić information content (AvgIpc) is 3.01. The molecule has 13 heteroatoms. The molecule has 27 heavy (non-hydrogen) atoms. The number of benzene rings is 1. The first-order chi connectivity index (χ1) is 12.7. The summed E-state index contributed by atoms with van der Waals surface area (Å²) in [4.78, 5) is 8.00. The van der Waals surface area contributed by atoms with Crippen molar-refractivity contribution in [1.29, 1.82) is 5.41 Å². The van der Waals surface area contributed by atoms with Crippen molar-refractivity contribution in [2.24, 2.45) is 16.5 Å². The molecule has 2 aromatic rings. The zero-order chi connectivity index (χ0) is 20.0. The standard InChI is InChI=1S/C14H17BrN6O3S3/c15-10-1-3-12(4-2-10)27(23,24)21(9-16)5-6-26(22)8-11-7-25-14(19-11)20-13(17)18/h1-4,7,9,16H,5-6,8H2,(H4,17,18,19,20). The number of guanidine groups is 1. The first-order valence-electron chi connectivity index (χ1n) is 7.39. The van der Waals surface area contributed by atoms with E-state index in [0.717, 1.165) is 8.78 Å². The fraction of sp³-hybridized carbons (Fsp3) is 0.214. The van der Waals surface area contributed by atoms with Crippen LogP contribution in [-0.2, 0) is 26.6 Å². The van der Waals surface area contributed by atoms with E-state index >= 15 is 0 Å². The van der Waals surface area contributed by atoms with Crippen molar-refractivity contribution in [3.8, 4) is 0 Å². The minimum absolute atomic E-state index is 0.0558. The molecule has 1 atom stereocenters. The molecule has 0 saturated carbocycles. The Hall–Kier alpha value is -1.83. The van der Waals surface area contributed by atoms with Crippen molar-refractivity contribution in [2.45, 2.75) is 10.6 Å². The Morgan fingerprint density at radius 3 is 2.63 bits per heavy atom. The van der Waals surface area contributed by atoms with Crippen LogP contribution in [0, 0.1) is 5.41 Å². The molecule has 2 rings (SSSR count). The summed E-state index contributed by atoms with van der Waals surface area (Å²) in [5.41, 5.74) is 11.1. The van der Waals surface area contributed by atoms with Gasteiger partial charge in [0, 0.05) is 32.9 Å². The number of nitrogens with one attached hydrogen (secondary N) is 1. The van der Waals surface area contributed by atoms with Gasteiger partial charge in [-0.2, -0.15) is 4.99 Å². The van der Waals surface area contributed by atoms with Crippen molar-refractivity contribution >= 4 is 65.5 Å². The monoisotopic (exact) mass is 492 g/mol. The Labute approximate surface area is 171 Å². The summed E-state index contributed by atoms with van der Waals surface area (Å²) in [5, 5.41) is 9.45. The normalized spacial score (nSPS) is 12.3. The molecule has 1 heterocycles. The van der Waals surface area contributed by atoms with Crippen LogP contribution in [0.2, 0.25) is 0 Å². The Balaban J connectivity index is 1.99. The molecule has 146 valence electrons. The van der Waals surface area contributed by atoms with Crippen molar-refractivity contribution in [3.05, 3.63) is 39.8 Å². The van der Waals surface area contributed by atoms with E-state index in [2.05, 4.69) is 25.9 Å². The minimum Gasteiger partial charge on any atom is -0.370 e. The highest BCUT2D eigenvalue weighted by Gasteiger charge is 2.22. The van der Waals surface area contributed by atoms with Gasteiger partial charge in [-0.15, -0.1) is 11.3 Å². The maximum Gasteiger partial charge on any atom is 0.265 e. The second kappa shape index (κ2) is 9.39. The van der Waals surface area contributed by atoms with Crippen LogP contribution >= 0.6 is 27.3 Å². The number of aliphatic imine (C=N–C) groups is 1. The molecule has 0 aliphatic rings. The van der Waals surface area contributed by atoms with Crippen LogP contribution in [0.15, 0.2) is 44.0 Å². The lowest BCUT2D eigenvalue weighted by atomic mass is 10.4. The van der Waals surface area contributed by atoms with Gasteiger partial charge in [0.15, 0.2) is 5.96 Å². The van der Waals surface area contributed by atoms with Crippen LogP contribution in [0.5, 0.6) is 0 Å². The number of aromatic nitrogens is 1. The van der Waals surface area contributed by atoms with Crippen LogP contribution in [-0.4, -0.2) is 46.5 Å². The zero-order valence-corrected chi connectivity index (χ0v) is 17.9. The average molecular weight is 493 g/mol. The van der Waals surface area contributed by atoms with Crippen LogP contribution < -0.4 is 11.5 Å². The number of thiazole rings is 1. The molecule has 5 N–H and O–H groups in total. The Morgan fingerprint density at radius 1 is 1.37 bits per heavy atom. The number of nitrogens with two attached hydrogens (primary N) is 2. The van der Waals surface area contributed by atoms with Crippen LogP contribution in [0.1, 0.15) is 5.69 Å². The number of nitrogens with zero attached hydrogens (tertiary/aromatic N) is 3. The van der Waals surface area contributed by atoms with Crippen LogP contribution in [0.4, 0.5) is 5.13 Å². The predicted octanol–water partition coefficient (Wildman–Crippen LogP) is 1.36. The molecule has 1 aromatic carbocycles. The Kier molecular flexibility index (Phi) is 7.47. The highest BCUT2D eigenvalue weighted by molar-refractivity contribution is 9.10. The molecule has 0 amide bonds. The minimum atomic E-state index is -3.87. The largest absolute Gasteiger partial charge is 0.370 e. The summed E-state index contributed by atoms with van der Waals surface area (Å²) in [6, 6.07) is 6.08. The molecule has 0 aliphatic carbocycles. The second-order valence-corrected chi connectivity index (χ2v) is 10.4. The second-order valence-electron chi connectivity index (χ2n) is 5.15. The molecular formula is C14H17BrN6O3S3. The van der Waals surface area contributed by atoms with E-state index in [1.807, 2.05) is 0 Å². The van der Waals surface area contributed by atoms with Gasteiger partial charge in [0.25, 0.3) is 10.0 Å². The van der Waals surface area contributed by atoms with Gasteiger partial charge in [-0.1, -0.05) is 15.9 Å². The maximum atomic E-state index is 12.6. The summed E-state index contributed by atoms with van der Waals surface area (Å²) >= 11 is 4.45. The maximum absolute atomic E-state index is 12.6. The van der Waals surface area contributed by atoms with Crippen LogP contribution in [0.25, 0.3) is 0 Å². The van der Waals surface area contributed by atoms with Crippen LogP contribution in [0.3, 0.4) is 0 Å². The van der Waals surface area contributed by atoms with E-state index in [-0.39, 0.29) is 28.9 Å². The summed E-state index contributed by atoms with van der Waals surface area (Å²) in [6.45, 7) is -0.0839. The molecule has 0 radical (unpaired) electrons. The van der Waals surface area contributed by atoms with Crippen molar-refractivity contribution in [2.75, 3.05) is 12.3 Å². The lowest BCUT2D eigenvalue weighted by molar-refractivity contribution is 0.536. The van der Waals surface area contributed by atoms with E-state index in [1.54, 1.807) is 17.5 Å². The topological polar surface area (TPSA) is 156 Å². The summed E-state index contributed by atoms with van der Waals surface area (Å²) < 4.78 is 39.0. The van der Waals surface area contributed by atoms with Gasteiger partial charge >= 0.3 is 0 Å². The summed E-state index contributed by atoms with van der Waals surface area (Å²) in [7, 11) is -5.24. The lowest BCUT2D eigenvalue weighted by Crippen LogP contribution is -2.33. The highest BCUT2D eigenvalue weighted by atomic mass is 79.9. The molecule has 9 nitrogen and oxygen atoms in total. The van der Waals surface area contributed by atoms with E-state index in [4.69, 9.17) is 16.9 Å². The van der Waals surface area contributed by atoms with Crippen molar-refractivity contribution in [3.63, 3.8) is 0 Å². The van der Waals surface area contributed by atoms with E-state index < -0.39 is 20.8 Å². The van der Waals surface area contributed by atoms with Gasteiger partial charge in [0.05, 0.1) is 22.7 Å². The number of halogens is 1. The SMILES string of the molecule is N=CN(CCS(=O)Cc1csc(N=C(N)N)n1)S(=O)(=O)c1ccc(Br)cc1. The van der Waals surface area contributed by atoms with Gasteiger partial charge in [0.1, 0.15) is 0 Å². The number of rotatable bonds is 9. The van der Waals surface area contributed by atoms with Gasteiger partial charge in [0.2, 0.25) is 5.13 Å². The first-order valence-corrected chi connectivity index (χ1v) is 12.0. The zero-order valence-electron chi connectivity index (χ0n) is 13.9. The molecule has 0 bridgehead atoms. The molecule has 0 fully saturated rings. The van der Waals surface area contributed by atoms with Crippen molar-refractivity contribution in [1.82, 2.24) is 9.29 Å². The molecule has 0 saturated heterocycles. The van der Waals surface area contributed by atoms with Gasteiger partial charge in [-0.05, 0) is 24.3 Å². The van der Waals surface area contributed by atoms with Crippen molar-refractivity contribution < 1.29 is 12.6 Å². The van der Waals surface area contributed by atoms with Gasteiger partial charge < -0.3 is 11.5 Å². The fourth-order valence-corrected chi connectivity index (χ4v) is 5.38. The first kappa shape index (κ1) is 21.5. The van der Waals surface area contributed by atoms with Gasteiger partial charge in [-0.3, -0.25) is 13.9 Å². The molecule has 0 spiro atoms. The van der Waals surface area contributed by atoms with E-state index in [1.165, 1.54) is 23.5 Å². The summed E-state index contributed by atoms with van der Waals surface area (Å²) in [5.74, 6) is 0.0813. The summed E-state index contributed by atoms with van der Waals surface area (Å²) in [6.07, 6.45) is 0.717. The molecular weight excluding hydrogens is 476 g/mol. The third-order valence-corrected chi connectivity index (χ3v) is 7.52. The third kappa shape index (κ3) is 6.09. The number of hydrogen-bond donors (Lipinski definition) is 3. The van der Waals surface area contributed by atoms with E-state index in [0.29, 0.717) is 17.2 Å². The Bertz CT molecular complexity index is 955. The quantitative estimate of drug-likeness (QED) is 0.354. The smallest absolute Gasteiger partial charge is 0.265 e. The van der Waals surface area contributed by atoms with Gasteiger partial charge in [-0.25, -0.2) is 13.4 Å². The highest BCUT2D eigenvalue weighted by Crippen LogP contribution is 2.20. The lowest BCUT2D eigenvalue weighted by Gasteiger charge is -2.18. The predicted molar refractivity (Wildman–Crippen MR) is 111 cm³/mol. The molecule has 1 unspecified atom stereocenters. The number of sulfonamides is 1. The Morgan fingerprint density at radius 2 is 2.04 bits per heavy atom. The number of hydrogen-bond acceptors (Lipinski definition) is 7. The third-order valence-electron chi connectivity index (χ3n) is 3.18.